The lowest BCUT2D eigenvalue weighted by atomic mass is 10.1. The van der Waals surface area contributed by atoms with Gasteiger partial charge in [0.05, 0.1) is 25.6 Å². The minimum atomic E-state index is -3.53. The molecule has 0 aromatic heterocycles. The van der Waals surface area contributed by atoms with E-state index >= 15 is 0 Å². The zero-order valence-electron chi connectivity index (χ0n) is 14.4. The fraction of sp³-hybridized carbons (Fsp3) is 0.333. The number of nitrogens with one attached hydrogen (secondary N) is 2. The Kier molecular flexibility index (Phi) is 6.36. The summed E-state index contributed by atoms with van der Waals surface area (Å²) >= 11 is 0. The van der Waals surface area contributed by atoms with Crippen LogP contribution in [-0.2, 0) is 23.1 Å². The lowest BCUT2D eigenvalue weighted by Crippen LogP contribution is -3.04. The van der Waals surface area contributed by atoms with Gasteiger partial charge in [0.15, 0.2) is 0 Å². The molecule has 0 unspecified atom stereocenters. The van der Waals surface area contributed by atoms with Gasteiger partial charge >= 0.3 is 0 Å². The van der Waals surface area contributed by atoms with Crippen molar-refractivity contribution in [1.29, 1.82) is 0 Å². The molecule has 6 heteroatoms. The first-order valence-electron chi connectivity index (χ1n) is 8.00. The second kappa shape index (κ2) is 8.28. The molecule has 130 valence electrons. The van der Waals surface area contributed by atoms with Gasteiger partial charge in [0.2, 0.25) is 10.0 Å². The summed E-state index contributed by atoms with van der Waals surface area (Å²) in [6, 6.07) is 14.4. The number of quaternary nitrogens is 1. The summed E-state index contributed by atoms with van der Waals surface area (Å²) < 4.78 is 32.6. The summed E-state index contributed by atoms with van der Waals surface area (Å²) in [5, 5.41) is 0. The highest BCUT2D eigenvalue weighted by atomic mass is 32.2. The van der Waals surface area contributed by atoms with E-state index in [0.717, 1.165) is 12.1 Å². The van der Waals surface area contributed by atoms with E-state index in [-0.39, 0.29) is 11.4 Å². The maximum Gasteiger partial charge on any atom is 0.240 e. The summed E-state index contributed by atoms with van der Waals surface area (Å²) in [5.74, 6) is 0.662. The molecule has 0 heterocycles. The van der Waals surface area contributed by atoms with Gasteiger partial charge in [-0.15, -0.1) is 0 Å². The van der Waals surface area contributed by atoms with Gasteiger partial charge in [0, 0.05) is 12.1 Å². The summed E-state index contributed by atoms with van der Waals surface area (Å²) in [6.45, 7) is 3.65. The van der Waals surface area contributed by atoms with Crippen molar-refractivity contribution in [2.45, 2.75) is 24.9 Å². The number of hydrogen-bond donors (Lipinski definition) is 2. The Bertz CT molecular complexity index is 739. The van der Waals surface area contributed by atoms with Gasteiger partial charge in [0.1, 0.15) is 12.3 Å². The first kappa shape index (κ1) is 18.4. The van der Waals surface area contributed by atoms with Crippen molar-refractivity contribution in [2.75, 3.05) is 20.7 Å². The topological polar surface area (TPSA) is 59.8 Å². The van der Waals surface area contributed by atoms with E-state index in [0.29, 0.717) is 12.4 Å². The van der Waals surface area contributed by atoms with Crippen LogP contribution in [0.2, 0.25) is 0 Å². The maximum absolute atomic E-state index is 12.3. The molecule has 0 aliphatic carbocycles. The second-order valence-electron chi connectivity index (χ2n) is 5.93. The van der Waals surface area contributed by atoms with Gasteiger partial charge in [-0.05, 0) is 36.8 Å². The Morgan fingerprint density at radius 2 is 1.54 bits per heavy atom. The van der Waals surface area contributed by atoms with Crippen LogP contribution in [0.1, 0.15) is 18.1 Å². The predicted octanol–water partition coefficient (Wildman–Crippen LogP) is 1.21. The number of sulfonamides is 1. The molecule has 0 aliphatic rings. The molecule has 0 fully saturated rings. The Balaban J connectivity index is 1.99. The van der Waals surface area contributed by atoms with Crippen molar-refractivity contribution >= 4 is 10.0 Å². The third kappa shape index (κ3) is 5.33. The van der Waals surface area contributed by atoms with Gasteiger partial charge in [-0.1, -0.05) is 24.3 Å². The van der Waals surface area contributed by atoms with E-state index in [9.17, 15) is 8.42 Å². The zero-order chi connectivity index (χ0) is 17.6. The lowest BCUT2D eigenvalue weighted by molar-refractivity contribution is -0.872. The van der Waals surface area contributed by atoms with E-state index in [1.807, 2.05) is 31.2 Å². The average Bonchev–Trinajstić information content (AvgIpc) is 2.55. The summed E-state index contributed by atoms with van der Waals surface area (Å²) in [4.78, 5) is 1.58. The fourth-order valence-corrected chi connectivity index (χ4v) is 3.34. The van der Waals surface area contributed by atoms with Gasteiger partial charge in [0.25, 0.3) is 0 Å². The zero-order valence-corrected chi connectivity index (χ0v) is 15.2. The highest BCUT2D eigenvalue weighted by Gasteiger charge is 2.13. The van der Waals surface area contributed by atoms with Crippen molar-refractivity contribution in [3.63, 3.8) is 0 Å². The Morgan fingerprint density at radius 3 is 2.08 bits per heavy atom. The Hall–Kier alpha value is -1.89. The van der Waals surface area contributed by atoms with E-state index < -0.39 is 10.0 Å². The van der Waals surface area contributed by atoms with Crippen LogP contribution in [0.15, 0.2) is 53.4 Å². The van der Waals surface area contributed by atoms with E-state index in [2.05, 4.69) is 18.8 Å². The van der Waals surface area contributed by atoms with Crippen molar-refractivity contribution < 1.29 is 18.1 Å². The van der Waals surface area contributed by atoms with Crippen LogP contribution in [0.5, 0.6) is 5.75 Å². The predicted molar refractivity (Wildman–Crippen MR) is 94.6 cm³/mol. The van der Waals surface area contributed by atoms with Gasteiger partial charge in [-0.3, -0.25) is 0 Å². The van der Waals surface area contributed by atoms with Crippen LogP contribution in [0.4, 0.5) is 0 Å². The van der Waals surface area contributed by atoms with Gasteiger partial charge in [-0.2, -0.15) is 0 Å². The second-order valence-corrected chi connectivity index (χ2v) is 7.70. The minimum Gasteiger partial charge on any atom is -0.494 e. The van der Waals surface area contributed by atoms with Crippen molar-refractivity contribution in [1.82, 2.24) is 4.72 Å². The number of benzene rings is 2. The largest absolute Gasteiger partial charge is 0.494 e. The lowest BCUT2D eigenvalue weighted by Gasteiger charge is -2.10. The standard InChI is InChI=1S/C18H24N2O3S/c1-4-23-17-9-11-18(12-10-17)24(21,22)19-13-15-5-7-16(8-6-15)14-20(2)3/h5-12,19H,4,13-14H2,1-3H3/p+1. The molecule has 24 heavy (non-hydrogen) atoms. The SMILES string of the molecule is CCOc1ccc(S(=O)(=O)NCc2ccc(C[NH+](C)C)cc2)cc1. The minimum absolute atomic E-state index is 0.235. The molecule has 0 radical (unpaired) electrons. The molecule has 0 bridgehead atoms. The first-order chi connectivity index (χ1) is 11.4. The fourth-order valence-electron chi connectivity index (χ4n) is 2.33. The molecule has 2 rings (SSSR count). The molecule has 0 saturated carbocycles. The van der Waals surface area contributed by atoms with E-state index in [1.54, 1.807) is 24.3 Å². The third-order valence-corrected chi connectivity index (χ3v) is 4.91. The molecule has 0 saturated heterocycles. The van der Waals surface area contributed by atoms with E-state index in [4.69, 9.17) is 4.74 Å². The third-order valence-electron chi connectivity index (χ3n) is 3.49. The van der Waals surface area contributed by atoms with Crippen LogP contribution in [0.3, 0.4) is 0 Å². The van der Waals surface area contributed by atoms with Gasteiger partial charge in [-0.25, -0.2) is 13.1 Å². The number of ether oxygens (including phenoxy) is 1. The smallest absolute Gasteiger partial charge is 0.240 e. The first-order valence-corrected chi connectivity index (χ1v) is 9.48. The molecule has 0 aliphatic heterocycles. The van der Waals surface area contributed by atoms with Crippen LogP contribution < -0.4 is 14.4 Å². The number of hydrogen-bond acceptors (Lipinski definition) is 3. The molecule has 2 aromatic carbocycles. The van der Waals surface area contributed by atoms with Crippen LogP contribution >= 0.6 is 0 Å². The van der Waals surface area contributed by atoms with Crippen LogP contribution in [0.25, 0.3) is 0 Å². The highest BCUT2D eigenvalue weighted by Crippen LogP contribution is 2.16. The van der Waals surface area contributed by atoms with Crippen molar-refractivity contribution in [3.05, 3.63) is 59.7 Å². The normalized spacial score (nSPS) is 11.7. The Labute approximate surface area is 144 Å². The molecule has 0 spiro atoms. The highest BCUT2D eigenvalue weighted by molar-refractivity contribution is 7.89. The number of rotatable bonds is 8. The molecule has 0 amide bonds. The molecule has 0 atom stereocenters. The molecule has 5 nitrogen and oxygen atoms in total. The summed E-state index contributed by atoms with van der Waals surface area (Å²) in [6.07, 6.45) is 0. The average molecular weight is 349 g/mol. The molecule has 2 aromatic rings. The molecule has 2 N–H and O–H groups in total. The Morgan fingerprint density at radius 1 is 0.958 bits per heavy atom. The molecular weight excluding hydrogens is 324 g/mol. The monoisotopic (exact) mass is 349 g/mol. The van der Waals surface area contributed by atoms with Gasteiger partial charge < -0.3 is 9.64 Å². The van der Waals surface area contributed by atoms with Crippen LogP contribution in [-0.4, -0.2) is 29.1 Å². The molecular formula is C18H25N2O3S+. The van der Waals surface area contributed by atoms with Crippen molar-refractivity contribution in [2.24, 2.45) is 0 Å². The van der Waals surface area contributed by atoms with Crippen molar-refractivity contribution in [3.8, 4) is 5.75 Å². The van der Waals surface area contributed by atoms with E-state index in [1.165, 1.54) is 10.5 Å². The summed E-state index contributed by atoms with van der Waals surface area (Å²) in [7, 11) is 0.663. The summed E-state index contributed by atoms with van der Waals surface area (Å²) in [5.41, 5.74) is 2.16. The maximum atomic E-state index is 12.3. The van der Waals surface area contributed by atoms with Crippen LogP contribution in [0, 0.1) is 0 Å². The quantitative estimate of drug-likeness (QED) is 0.753.